The maximum atomic E-state index is 6.15. The number of fused-ring (bicyclic) bond motifs is 1. The Morgan fingerprint density at radius 2 is 2.26 bits per heavy atom. The largest absolute Gasteiger partial charge is 0.493 e. The van der Waals surface area contributed by atoms with Crippen LogP contribution in [-0.4, -0.2) is 13.2 Å². The molecule has 2 nitrogen and oxygen atoms in total. The van der Waals surface area contributed by atoms with Gasteiger partial charge in [-0.3, -0.25) is 0 Å². The Balaban J connectivity index is 1.64. The van der Waals surface area contributed by atoms with Crippen LogP contribution in [0.4, 0.5) is 0 Å². The number of hydrogen-bond donors (Lipinski definition) is 1. The molecule has 0 amide bonds. The van der Waals surface area contributed by atoms with Crippen LogP contribution in [-0.2, 0) is 13.0 Å². The molecule has 19 heavy (non-hydrogen) atoms. The monoisotopic (exact) mass is 259 g/mol. The van der Waals surface area contributed by atoms with Crippen LogP contribution in [0.3, 0.4) is 0 Å². The van der Waals surface area contributed by atoms with Crippen molar-refractivity contribution in [2.45, 2.75) is 46.1 Å². The summed E-state index contributed by atoms with van der Waals surface area (Å²) in [7, 11) is 0. The normalized spacial score (nSPS) is 25.1. The summed E-state index contributed by atoms with van der Waals surface area (Å²) in [6, 6.07) is 6.48. The van der Waals surface area contributed by atoms with Crippen LogP contribution in [0.2, 0.25) is 0 Å². The lowest BCUT2D eigenvalue weighted by atomic mass is 9.91. The van der Waals surface area contributed by atoms with Crippen LogP contribution < -0.4 is 10.1 Å². The van der Waals surface area contributed by atoms with E-state index in [0.29, 0.717) is 5.41 Å². The highest BCUT2D eigenvalue weighted by molar-refractivity contribution is 5.41. The Morgan fingerprint density at radius 3 is 3.05 bits per heavy atom. The fraction of sp³-hybridized carbons (Fsp3) is 0.647. The first-order chi connectivity index (χ1) is 9.14. The van der Waals surface area contributed by atoms with E-state index >= 15 is 0 Å². The topological polar surface area (TPSA) is 21.3 Å². The molecule has 1 heterocycles. The van der Waals surface area contributed by atoms with Gasteiger partial charge in [-0.05, 0) is 60.8 Å². The van der Waals surface area contributed by atoms with Crippen molar-refractivity contribution in [3.63, 3.8) is 0 Å². The second kappa shape index (κ2) is 5.16. The standard InChI is InChI=1S/C17H25NO/c1-17(2)8-6-13(10-17)12-19-16-5-3-4-14-11-18-9-7-15(14)16/h3-5,13,18H,6-12H2,1-2H3. The van der Waals surface area contributed by atoms with Gasteiger partial charge in [0.05, 0.1) is 6.61 Å². The van der Waals surface area contributed by atoms with Crippen LogP contribution in [0, 0.1) is 11.3 Å². The van der Waals surface area contributed by atoms with Gasteiger partial charge >= 0.3 is 0 Å². The number of benzene rings is 1. The minimum Gasteiger partial charge on any atom is -0.493 e. The van der Waals surface area contributed by atoms with E-state index in [-0.39, 0.29) is 0 Å². The Labute approximate surface area is 116 Å². The molecule has 1 aromatic rings. The SMILES string of the molecule is CC1(C)CCC(COc2cccc3c2CCNC3)C1. The average Bonchev–Trinajstić information content (AvgIpc) is 2.76. The molecule has 1 aliphatic heterocycles. The fourth-order valence-corrected chi connectivity index (χ4v) is 3.56. The molecule has 1 unspecified atom stereocenters. The maximum Gasteiger partial charge on any atom is 0.122 e. The van der Waals surface area contributed by atoms with Crippen LogP contribution in [0.25, 0.3) is 0 Å². The predicted octanol–water partition coefficient (Wildman–Crippen LogP) is 3.54. The summed E-state index contributed by atoms with van der Waals surface area (Å²) in [4.78, 5) is 0. The lowest BCUT2D eigenvalue weighted by Crippen LogP contribution is -2.24. The van der Waals surface area contributed by atoms with E-state index in [9.17, 15) is 0 Å². The smallest absolute Gasteiger partial charge is 0.122 e. The Morgan fingerprint density at radius 1 is 1.37 bits per heavy atom. The quantitative estimate of drug-likeness (QED) is 0.896. The zero-order chi connectivity index (χ0) is 13.3. The number of rotatable bonds is 3. The molecule has 0 aromatic heterocycles. The van der Waals surface area contributed by atoms with Crippen LogP contribution in [0.1, 0.15) is 44.2 Å². The highest BCUT2D eigenvalue weighted by Gasteiger charge is 2.31. The zero-order valence-electron chi connectivity index (χ0n) is 12.2. The summed E-state index contributed by atoms with van der Waals surface area (Å²) >= 11 is 0. The molecule has 3 rings (SSSR count). The van der Waals surface area contributed by atoms with Gasteiger partial charge in [0, 0.05) is 6.54 Å². The van der Waals surface area contributed by atoms with Crippen molar-refractivity contribution in [1.82, 2.24) is 5.32 Å². The summed E-state index contributed by atoms with van der Waals surface area (Å²) < 4.78 is 6.15. The first kappa shape index (κ1) is 13.0. The van der Waals surface area contributed by atoms with E-state index in [1.54, 1.807) is 0 Å². The molecule has 1 N–H and O–H groups in total. The van der Waals surface area contributed by atoms with Crippen LogP contribution in [0.15, 0.2) is 18.2 Å². The number of nitrogens with one attached hydrogen (secondary N) is 1. The number of hydrogen-bond acceptors (Lipinski definition) is 2. The summed E-state index contributed by atoms with van der Waals surface area (Å²) in [5.41, 5.74) is 3.36. The molecule has 0 bridgehead atoms. The molecule has 0 saturated heterocycles. The molecule has 104 valence electrons. The number of ether oxygens (including phenoxy) is 1. The van der Waals surface area contributed by atoms with E-state index in [1.807, 2.05) is 0 Å². The third-order valence-electron chi connectivity index (χ3n) is 4.64. The first-order valence-corrected chi connectivity index (χ1v) is 7.58. The Bertz CT molecular complexity index is 453. The molecule has 2 aliphatic rings. The van der Waals surface area contributed by atoms with Crippen molar-refractivity contribution in [3.05, 3.63) is 29.3 Å². The summed E-state index contributed by atoms with van der Waals surface area (Å²) in [5.74, 6) is 1.87. The molecule has 1 fully saturated rings. The minimum atomic E-state index is 0.522. The highest BCUT2D eigenvalue weighted by Crippen LogP contribution is 2.41. The van der Waals surface area contributed by atoms with E-state index in [2.05, 4.69) is 37.4 Å². The van der Waals surface area contributed by atoms with E-state index in [0.717, 1.165) is 37.8 Å². The van der Waals surface area contributed by atoms with Crippen molar-refractivity contribution in [2.75, 3.05) is 13.2 Å². The summed E-state index contributed by atoms with van der Waals surface area (Å²) in [6.07, 6.45) is 5.08. The van der Waals surface area contributed by atoms with Crippen molar-refractivity contribution in [2.24, 2.45) is 11.3 Å². The molecular formula is C17H25NO. The molecule has 0 spiro atoms. The van der Waals surface area contributed by atoms with Gasteiger partial charge < -0.3 is 10.1 Å². The third kappa shape index (κ3) is 2.94. The van der Waals surface area contributed by atoms with Crippen molar-refractivity contribution >= 4 is 0 Å². The third-order valence-corrected chi connectivity index (χ3v) is 4.64. The van der Waals surface area contributed by atoms with Gasteiger partial charge in [0.1, 0.15) is 5.75 Å². The zero-order valence-corrected chi connectivity index (χ0v) is 12.2. The van der Waals surface area contributed by atoms with E-state index in [4.69, 9.17) is 4.74 Å². The van der Waals surface area contributed by atoms with Gasteiger partial charge in [0.15, 0.2) is 0 Å². The van der Waals surface area contributed by atoms with Crippen molar-refractivity contribution in [3.8, 4) is 5.75 Å². The summed E-state index contributed by atoms with van der Waals surface area (Å²) in [5, 5.41) is 3.42. The molecule has 2 heteroatoms. The molecule has 0 radical (unpaired) electrons. The van der Waals surface area contributed by atoms with Gasteiger partial charge in [-0.2, -0.15) is 0 Å². The van der Waals surface area contributed by atoms with Crippen molar-refractivity contribution in [1.29, 1.82) is 0 Å². The van der Waals surface area contributed by atoms with Gasteiger partial charge in [0.2, 0.25) is 0 Å². The van der Waals surface area contributed by atoms with Crippen molar-refractivity contribution < 1.29 is 4.74 Å². The van der Waals surface area contributed by atoms with Crippen LogP contribution in [0.5, 0.6) is 5.75 Å². The Hall–Kier alpha value is -1.02. The molecule has 1 atom stereocenters. The predicted molar refractivity (Wildman–Crippen MR) is 78.5 cm³/mol. The lowest BCUT2D eigenvalue weighted by Gasteiger charge is -2.22. The molecule has 1 aromatic carbocycles. The highest BCUT2D eigenvalue weighted by atomic mass is 16.5. The minimum absolute atomic E-state index is 0.522. The van der Waals surface area contributed by atoms with E-state index < -0.39 is 0 Å². The molecule has 1 aliphatic carbocycles. The fourth-order valence-electron chi connectivity index (χ4n) is 3.56. The van der Waals surface area contributed by atoms with E-state index in [1.165, 1.54) is 30.4 Å². The van der Waals surface area contributed by atoms with Gasteiger partial charge in [-0.1, -0.05) is 26.0 Å². The average molecular weight is 259 g/mol. The Kier molecular flexibility index (Phi) is 3.53. The second-order valence-electron chi connectivity index (χ2n) is 6.90. The maximum absolute atomic E-state index is 6.15. The summed E-state index contributed by atoms with van der Waals surface area (Å²) in [6.45, 7) is 7.71. The van der Waals surface area contributed by atoms with Crippen LogP contribution >= 0.6 is 0 Å². The lowest BCUT2D eigenvalue weighted by molar-refractivity contribution is 0.235. The van der Waals surface area contributed by atoms with Gasteiger partial charge in [0.25, 0.3) is 0 Å². The van der Waals surface area contributed by atoms with Gasteiger partial charge in [-0.25, -0.2) is 0 Å². The first-order valence-electron chi connectivity index (χ1n) is 7.58. The second-order valence-corrected chi connectivity index (χ2v) is 6.90. The molecule has 1 saturated carbocycles. The van der Waals surface area contributed by atoms with Gasteiger partial charge in [-0.15, -0.1) is 0 Å². The molecular weight excluding hydrogens is 234 g/mol.